The predicted molar refractivity (Wildman–Crippen MR) is 102 cm³/mol. The molecule has 1 atom stereocenters. The van der Waals surface area contributed by atoms with E-state index in [-0.39, 0.29) is 5.92 Å². The zero-order chi connectivity index (χ0) is 17.1. The fourth-order valence-corrected chi connectivity index (χ4v) is 3.71. The van der Waals surface area contributed by atoms with Gasteiger partial charge in [-0.2, -0.15) is 0 Å². The second kappa shape index (κ2) is 6.81. The highest BCUT2D eigenvalue weighted by Crippen LogP contribution is 2.37. The van der Waals surface area contributed by atoms with Gasteiger partial charge < -0.3 is 10.4 Å². The number of aliphatic imine (C=N–C) groups is 2. The lowest BCUT2D eigenvalue weighted by atomic mass is 9.81. The van der Waals surface area contributed by atoms with Gasteiger partial charge in [-0.1, -0.05) is 67.8 Å². The summed E-state index contributed by atoms with van der Waals surface area (Å²) >= 11 is 0. The third-order valence-electron chi connectivity index (χ3n) is 5.09. The van der Waals surface area contributed by atoms with Crippen molar-refractivity contribution in [2.75, 3.05) is 5.32 Å². The van der Waals surface area contributed by atoms with Crippen molar-refractivity contribution in [2.45, 2.75) is 37.8 Å². The number of nitrogens with one attached hydrogen (secondary N) is 1. The van der Waals surface area contributed by atoms with Crippen molar-refractivity contribution in [3.05, 3.63) is 66.2 Å². The molecule has 1 saturated carbocycles. The van der Waals surface area contributed by atoms with E-state index in [0.29, 0.717) is 11.7 Å². The van der Waals surface area contributed by atoms with Crippen molar-refractivity contribution < 1.29 is 5.11 Å². The van der Waals surface area contributed by atoms with Gasteiger partial charge >= 0.3 is 0 Å². The number of aliphatic hydroxyl groups is 1. The fourth-order valence-electron chi connectivity index (χ4n) is 3.71. The molecule has 0 spiro atoms. The van der Waals surface area contributed by atoms with Crippen LogP contribution < -0.4 is 5.32 Å². The molecular formula is C21H23N3O. The van der Waals surface area contributed by atoms with Crippen molar-refractivity contribution >= 4 is 17.4 Å². The molecule has 2 aliphatic rings. The Bertz CT molecular complexity index is 779. The SMILES string of the molecule is OC1(C2CCCCC2)N=C(c2ccccc2)N=C1Nc1ccccc1. The van der Waals surface area contributed by atoms with Gasteiger partial charge in [-0.25, -0.2) is 9.98 Å². The van der Waals surface area contributed by atoms with Gasteiger partial charge in [0.1, 0.15) is 0 Å². The highest BCUT2D eigenvalue weighted by Gasteiger charge is 2.46. The van der Waals surface area contributed by atoms with Crippen LogP contribution in [0.1, 0.15) is 37.7 Å². The predicted octanol–water partition coefficient (Wildman–Crippen LogP) is 4.23. The van der Waals surface area contributed by atoms with E-state index in [0.717, 1.165) is 36.9 Å². The maximum Gasteiger partial charge on any atom is 0.220 e. The van der Waals surface area contributed by atoms with E-state index in [2.05, 4.69) is 10.3 Å². The van der Waals surface area contributed by atoms with Crippen molar-refractivity contribution in [2.24, 2.45) is 15.9 Å². The molecule has 1 aliphatic heterocycles. The monoisotopic (exact) mass is 333 g/mol. The molecule has 0 amide bonds. The van der Waals surface area contributed by atoms with E-state index in [4.69, 9.17) is 4.99 Å². The molecule has 4 heteroatoms. The molecule has 2 N–H and O–H groups in total. The van der Waals surface area contributed by atoms with Gasteiger partial charge in [0.15, 0.2) is 11.7 Å². The fraction of sp³-hybridized carbons (Fsp3) is 0.333. The Morgan fingerprint density at radius 1 is 0.880 bits per heavy atom. The van der Waals surface area contributed by atoms with Crippen LogP contribution in [-0.2, 0) is 0 Å². The van der Waals surface area contributed by atoms with Gasteiger partial charge in [0.2, 0.25) is 5.72 Å². The lowest BCUT2D eigenvalue weighted by molar-refractivity contribution is 0.0400. The Labute approximate surface area is 148 Å². The van der Waals surface area contributed by atoms with E-state index in [1.54, 1.807) is 0 Å². The first-order valence-corrected chi connectivity index (χ1v) is 9.04. The molecule has 2 aromatic rings. The van der Waals surface area contributed by atoms with Crippen LogP contribution in [0.2, 0.25) is 0 Å². The first kappa shape index (κ1) is 16.0. The number of nitrogens with zero attached hydrogens (tertiary/aromatic N) is 2. The second-order valence-corrected chi connectivity index (χ2v) is 6.81. The number of benzene rings is 2. The van der Waals surface area contributed by atoms with Crippen molar-refractivity contribution in [1.82, 2.24) is 0 Å². The van der Waals surface area contributed by atoms with E-state index in [1.807, 2.05) is 60.7 Å². The van der Waals surface area contributed by atoms with Gasteiger partial charge in [0.25, 0.3) is 0 Å². The standard InChI is InChI=1S/C21H23N3O/c25-21(17-12-6-2-7-13-17)20(22-18-14-8-3-9-15-18)23-19(24-21)16-10-4-1-5-11-16/h1,3-5,8-11,14-15,17,25H,2,6-7,12-13H2,(H,22,23,24). The molecule has 25 heavy (non-hydrogen) atoms. The average molecular weight is 333 g/mol. The van der Waals surface area contributed by atoms with Gasteiger partial charge in [-0.15, -0.1) is 0 Å². The molecule has 2 aromatic carbocycles. The van der Waals surface area contributed by atoms with Gasteiger partial charge in [-0.3, -0.25) is 0 Å². The molecule has 0 saturated heterocycles. The molecule has 0 bridgehead atoms. The Hall–Kier alpha value is -2.46. The number of anilines is 1. The smallest absolute Gasteiger partial charge is 0.220 e. The molecule has 1 fully saturated rings. The topological polar surface area (TPSA) is 57.0 Å². The van der Waals surface area contributed by atoms with Crippen LogP contribution in [0, 0.1) is 5.92 Å². The highest BCUT2D eigenvalue weighted by atomic mass is 16.3. The minimum absolute atomic E-state index is 0.109. The van der Waals surface area contributed by atoms with Crippen LogP contribution in [0.4, 0.5) is 5.69 Å². The highest BCUT2D eigenvalue weighted by molar-refractivity contribution is 6.17. The summed E-state index contributed by atoms with van der Waals surface area (Å²) in [6.45, 7) is 0. The molecular weight excluding hydrogens is 310 g/mol. The zero-order valence-electron chi connectivity index (χ0n) is 14.2. The molecule has 1 heterocycles. The van der Waals surface area contributed by atoms with E-state index < -0.39 is 5.72 Å². The molecule has 4 rings (SSSR count). The Morgan fingerprint density at radius 3 is 2.20 bits per heavy atom. The minimum Gasteiger partial charge on any atom is -0.363 e. The quantitative estimate of drug-likeness (QED) is 0.883. The average Bonchev–Trinajstić information content (AvgIpc) is 3.02. The minimum atomic E-state index is -1.26. The molecule has 1 aliphatic carbocycles. The Morgan fingerprint density at radius 2 is 1.52 bits per heavy atom. The number of amidine groups is 2. The molecule has 1 unspecified atom stereocenters. The zero-order valence-corrected chi connectivity index (χ0v) is 14.2. The normalized spacial score (nSPS) is 23.9. The van der Waals surface area contributed by atoms with E-state index >= 15 is 0 Å². The maximum absolute atomic E-state index is 11.5. The second-order valence-electron chi connectivity index (χ2n) is 6.81. The molecule has 128 valence electrons. The van der Waals surface area contributed by atoms with Crippen LogP contribution in [0.15, 0.2) is 70.6 Å². The number of hydrogen-bond donors (Lipinski definition) is 2. The summed E-state index contributed by atoms with van der Waals surface area (Å²) in [6.07, 6.45) is 5.49. The maximum atomic E-state index is 11.5. The van der Waals surface area contributed by atoms with Gasteiger partial charge in [0, 0.05) is 17.2 Å². The van der Waals surface area contributed by atoms with Crippen LogP contribution in [0.25, 0.3) is 0 Å². The van der Waals surface area contributed by atoms with Gasteiger partial charge in [0.05, 0.1) is 0 Å². The van der Waals surface area contributed by atoms with Crippen molar-refractivity contribution in [3.63, 3.8) is 0 Å². The summed E-state index contributed by atoms with van der Waals surface area (Å²) < 4.78 is 0. The third-order valence-corrected chi connectivity index (χ3v) is 5.09. The first-order chi connectivity index (χ1) is 12.3. The summed E-state index contributed by atoms with van der Waals surface area (Å²) in [5.41, 5.74) is 0.586. The number of rotatable bonds is 3. The van der Waals surface area contributed by atoms with Crippen LogP contribution in [0.3, 0.4) is 0 Å². The molecule has 0 aromatic heterocycles. The van der Waals surface area contributed by atoms with Crippen molar-refractivity contribution in [1.29, 1.82) is 0 Å². The molecule has 0 radical (unpaired) electrons. The lowest BCUT2D eigenvalue weighted by Gasteiger charge is -2.34. The number of hydrogen-bond acceptors (Lipinski definition) is 4. The molecule has 4 nitrogen and oxygen atoms in total. The summed E-state index contributed by atoms with van der Waals surface area (Å²) in [4.78, 5) is 9.39. The van der Waals surface area contributed by atoms with Crippen LogP contribution in [0.5, 0.6) is 0 Å². The van der Waals surface area contributed by atoms with E-state index in [1.165, 1.54) is 6.42 Å². The number of para-hydroxylation sites is 1. The summed E-state index contributed by atoms with van der Waals surface area (Å²) in [5, 5.41) is 14.8. The largest absolute Gasteiger partial charge is 0.363 e. The first-order valence-electron chi connectivity index (χ1n) is 9.04. The summed E-state index contributed by atoms with van der Waals surface area (Å²) in [6, 6.07) is 19.7. The van der Waals surface area contributed by atoms with Gasteiger partial charge in [-0.05, 0) is 25.0 Å². The van der Waals surface area contributed by atoms with Crippen LogP contribution >= 0.6 is 0 Å². The summed E-state index contributed by atoms with van der Waals surface area (Å²) in [5.74, 6) is 1.26. The van der Waals surface area contributed by atoms with Crippen LogP contribution in [-0.4, -0.2) is 22.5 Å². The van der Waals surface area contributed by atoms with E-state index in [9.17, 15) is 5.11 Å². The van der Waals surface area contributed by atoms with Crippen molar-refractivity contribution in [3.8, 4) is 0 Å². The Kier molecular flexibility index (Phi) is 4.36. The lowest BCUT2D eigenvalue weighted by Crippen LogP contribution is -2.46. The Balaban J connectivity index is 1.70. The third kappa shape index (κ3) is 3.22. The summed E-state index contributed by atoms with van der Waals surface area (Å²) in [7, 11) is 0.